The van der Waals surface area contributed by atoms with Crippen LogP contribution in [0.3, 0.4) is 0 Å². The smallest absolute Gasteiger partial charge is 0.406 e. The molecule has 0 heterocycles. The molecule has 0 aliphatic heterocycles. The summed E-state index contributed by atoms with van der Waals surface area (Å²) in [6.07, 6.45) is -2.66. The largest absolute Gasteiger partial charge is 0.573 e. The topological polar surface area (TPSA) is 67.4 Å². The average Bonchev–Trinajstić information content (AvgIpc) is 3.45. The maximum absolute atomic E-state index is 12.1. The van der Waals surface area contributed by atoms with Crippen molar-refractivity contribution in [2.75, 3.05) is 0 Å². The Kier molecular flexibility index (Phi) is 5.87. The normalized spacial score (nSPS) is 13.7. The molecule has 0 spiro atoms. The number of halogens is 3. The lowest BCUT2D eigenvalue weighted by atomic mass is 10.1. The Morgan fingerprint density at radius 3 is 2.14 bits per heavy atom. The molecule has 0 saturated heterocycles. The molecule has 28 heavy (non-hydrogen) atoms. The molecule has 1 aliphatic carbocycles. The third kappa shape index (κ3) is 6.29. The molecule has 0 atom stereocenters. The molecule has 0 aromatic heterocycles. The van der Waals surface area contributed by atoms with Crippen LogP contribution >= 0.6 is 0 Å². The lowest BCUT2D eigenvalue weighted by Crippen LogP contribution is -2.26. The second-order valence-corrected chi connectivity index (χ2v) is 6.59. The first-order valence-electron chi connectivity index (χ1n) is 8.80. The first kappa shape index (κ1) is 19.7. The van der Waals surface area contributed by atoms with Crippen LogP contribution in [0.15, 0.2) is 48.5 Å². The first-order chi connectivity index (χ1) is 13.3. The molecule has 2 aromatic rings. The summed E-state index contributed by atoms with van der Waals surface area (Å²) >= 11 is 0. The Labute approximate surface area is 159 Å². The van der Waals surface area contributed by atoms with E-state index in [0.29, 0.717) is 23.7 Å². The highest BCUT2D eigenvalue weighted by atomic mass is 19.4. The van der Waals surface area contributed by atoms with Gasteiger partial charge in [0.25, 0.3) is 5.91 Å². The van der Waals surface area contributed by atoms with E-state index in [1.165, 1.54) is 24.3 Å². The molecule has 0 bridgehead atoms. The number of benzene rings is 2. The second-order valence-electron chi connectivity index (χ2n) is 6.59. The Bertz CT molecular complexity index is 829. The minimum Gasteiger partial charge on any atom is -0.406 e. The van der Waals surface area contributed by atoms with Gasteiger partial charge in [-0.3, -0.25) is 9.59 Å². The van der Waals surface area contributed by atoms with Crippen LogP contribution in [0.1, 0.15) is 34.3 Å². The van der Waals surface area contributed by atoms with Gasteiger partial charge in [0, 0.05) is 18.2 Å². The molecule has 2 amide bonds. The number of carbonyl (C=O) groups excluding carboxylic acids is 2. The minimum atomic E-state index is -4.74. The lowest BCUT2D eigenvalue weighted by Gasteiger charge is -2.10. The summed E-state index contributed by atoms with van der Waals surface area (Å²) in [5.74, 6) is -0.696. The molecule has 0 radical (unpaired) electrons. The zero-order valence-corrected chi connectivity index (χ0v) is 14.9. The molecule has 148 valence electrons. The molecule has 0 unspecified atom stereocenters. The predicted octanol–water partition coefficient (Wildman–Crippen LogP) is 3.34. The Hall–Kier alpha value is -3.03. The fourth-order valence-corrected chi connectivity index (χ4v) is 2.53. The van der Waals surface area contributed by atoms with E-state index in [1.54, 1.807) is 24.3 Å². The highest BCUT2D eigenvalue weighted by molar-refractivity contribution is 5.94. The second kappa shape index (κ2) is 8.33. The molecule has 8 heteroatoms. The fourth-order valence-electron chi connectivity index (χ4n) is 2.53. The molecule has 1 aliphatic rings. The molecule has 1 fully saturated rings. The van der Waals surface area contributed by atoms with Crippen molar-refractivity contribution in [2.24, 2.45) is 0 Å². The maximum Gasteiger partial charge on any atom is 0.573 e. The summed E-state index contributed by atoms with van der Waals surface area (Å²) in [5.41, 5.74) is 1.98. The van der Waals surface area contributed by atoms with Crippen molar-refractivity contribution in [3.05, 3.63) is 65.2 Å². The van der Waals surface area contributed by atoms with Gasteiger partial charge in [0.1, 0.15) is 5.75 Å². The zero-order chi connectivity index (χ0) is 20.1. The van der Waals surface area contributed by atoms with Crippen molar-refractivity contribution in [2.45, 2.75) is 38.2 Å². The SMILES string of the molecule is O=C(Cc1ccc(OC(F)(F)F)cc1)NCc1ccc(C(=O)NC2CC2)cc1. The molecular weight excluding hydrogens is 373 g/mol. The highest BCUT2D eigenvalue weighted by Gasteiger charge is 2.31. The van der Waals surface area contributed by atoms with Crippen molar-refractivity contribution < 1.29 is 27.5 Å². The summed E-state index contributed by atoms with van der Waals surface area (Å²) in [6, 6.07) is 12.4. The van der Waals surface area contributed by atoms with E-state index in [4.69, 9.17) is 0 Å². The van der Waals surface area contributed by atoms with Crippen molar-refractivity contribution in [1.29, 1.82) is 0 Å². The van der Waals surface area contributed by atoms with Gasteiger partial charge in [-0.05, 0) is 48.2 Å². The van der Waals surface area contributed by atoms with Crippen molar-refractivity contribution in [3.8, 4) is 5.75 Å². The quantitative estimate of drug-likeness (QED) is 0.760. The van der Waals surface area contributed by atoms with Crippen LogP contribution < -0.4 is 15.4 Å². The van der Waals surface area contributed by atoms with E-state index in [0.717, 1.165) is 18.4 Å². The molecule has 2 aromatic carbocycles. The monoisotopic (exact) mass is 392 g/mol. The standard InChI is InChI=1S/C20H19F3N2O3/c21-20(22,23)28-17-9-3-13(4-10-17)11-18(26)24-12-14-1-5-15(6-2-14)19(27)25-16-7-8-16/h1-6,9-10,16H,7-8,11-12H2,(H,24,26)(H,25,27). The molecule has 5 nitrogen and oxygen atoms in total. The number of hydrogen-bond acceptors (Lipinski definition) is 3. The number of amides is 2. The van der Waals surface area contributed by atoms with E-state index < -0.39 is 6.36 Å². The van der Waals surface area contributed by atoms with Gasteiger partial charge in [-0.25, -0.2) is 0 Å². The van der Waals surface area contributed by atoms with E-state index in [-0.39, 0.29) is 24.0 Å². The molecule has 2 N–H and O–H groups in total. The van der Waals surface area contributed by atoms with Crippen molar-refractivity contribution >= 4 is 11.8 Å². The molecular formula is C20H19F3N2O3. The molecule has 1 saturated carbocycles. The number of nitrogens with one attached hydrogen (secondary N) is 2. The number of alkyl halides is 3. The first-order valence-corrected chi connectivity index (χ1v) is 8.80. The maximum atomic E-state index is 12.1. The third-order valence-electron chi connectivity index (χ3n) is 4.14. The number of rotatable bonds is 7. The number of carbonyl (C=O) groups is 2. The fraction of sp³-hybridized carbons (Fsp3) is 0.300. The summed E-state index contributed by atoms with van der Waals surface area (Å²) in [6.45, 7) is 0.290. The predicted molar refractivity (Wildman–Crippen MR) is 95.6 cm³/mol. The van der Waals surface area contributed by atoms with E-state index >= 15 is 0 Å². The third-order valence-corrected chi connectivity index (χ3v) is 4.14. The van der Waals surface area contributed by atoms with Crippen LogP contribution in [0.5, 0.6) is 5.75 Å². The highest BCUT2D eigenvalue weighted by Crippen LogP contribution is 2.23. The number of hydrogen-bond donors (Lipinski definition) is 2. The Balaban J connectivity index is 1.45. The van der Waals surface area contributed by atoms with Crippen LogP contribution in [-0.2, 0) is 17.8 Å². The summed E-state index contributed by atoms with van der Waals surface area (Å²) in [7, 11) is 0. The summed E-state index contributed by atoms with van der Waals surface area (Å²) in [5, 5.41) is 5.64. The molecule has 3 rings (SSSR count). The lowest BCUT2D eigenvalue weighted by molar-refractivity contribution is -0.274. The summed E-state index contributed by atoms with van der Waals surface area (Å²) < 4.78 is 40.2. The van der Waals surface area contributed by atoms with Gasteiger partial charge >= 0.3 is 6.36 Å². The Morgan fingerprint density at radius 1 is 0.964 bits per heavy atom. The van der Waals surface area contributed by atoms with E-state index in [2.05, 4.69) is 15.4 Å². The zero-order valence-electron chi connectivity index (χ0n) is 14.9. The van der Waals surface area contributed by atoms with Crippen LogP contribution in [0.2, 0.25) is 0 Å². The van der Waals surface area contributed by atoms with E-state index in [1.807, 2.05) is 0 Å². The van der Waals surface area contributed by atoms with Crippen molar-refractivity contribution in [1.82, 2.24) is 10.6 Å². The summed E-state index contributed by atoms with van der Waals surface area (Å²) in [4.78, 5) is 23.9. The Morgan fingerprint density at radius 2 is 1.57 bits per heavy atom. The minimum absolute atomic E-state index is 0.0359. The van der Waals surface area contributed by atoms with Gasteiger partial charge < -0.3 is 15.4 Å². The van der Waals surface area contributed by atoms with Gasteiger partial charge in [0.05, 0.1) is 6.42 Å². The van der Waals surface area contributed by atoms with Crippen LogP contribution in [0.4, 0.5) is 13.2 Å². The van der Waals surface area contributed by atoms with Gasteiger partial charge in [-0.15, -0.1) is 13.2 Å². The van der Waals surface area contributed by atoms with E-state index in [9.17, 15) is 22.8 Å². The van der Waals surface area contributed by atoms with Crippen LogP contribution in [0, 0.1) is 0 Å². The van der Waals surface area contributed by atoms with Gasteiger partial charge in [0.15, 0.2) is 0 Å². The van der Waals surface area contributed by atoms with Gasteiger partial charge in [-0.2, -0.15) is 0 Å². The van der Waals surface area contributed by atoms with Gasteiger partial charge in [0.2, 0.25) is 5.91 Å². The average molecular weight is 392 g/mol. The van der Waals surface area contributed by atoms with Crippen LogP contribution in [0.25, 0.3) is 0 Å². The van der Waals surface area contributed by atoms with Gasteiger partial charge in [-0.1, -0.05) is 24.3 Å². The van der Waals surface area contributed by atoms with Crippen LogP contribution in [-0.4, -0.2) is 24.2 Å². The van der Waals surface area contributed by atoms with Crippen molar-refractivity contribution in [3.63, 3.8) is 0 Å². The number of ether oxygens (including phenoxy) is 1.